The van der Waals surface area contributed by atoms with Crippen LogP contribution in [-0.2, 0) is 16.2 Å². The smallest absolute Gasteiger partial charge is 0.416 e. The molecule has 0 aromatic heterocycles. The lowest BCUT2D eigenvalue weighted by atomic mass is 10.1. The largest absolute Gasteiger partial charge is 0.478 e. The van der Waals surface area contributed by atoms with Crippen molar-refractivity contribution in [3.05, 3.63) is 59.4 Å². The van der Waals surface area contributed by atoms with Gasteiger partial charge >= 0.3 is 12.1 Å². The van der Waals surface area contributed by atoms with E-state index in [1.54, 1.807) is 0 Å². The second kappa shape index (κ2) is 6.11. The second-order valence-corrected chi connectivity index (χ2v) is 6.35. The lowest BCUT2D eigenvalue weighted by Gasteiger charge is -2.13. The first-order valence-corrected chi connectivity index (χ1v) is 7.71. The predicted octanol–water partition coefficient (Wildman–Crippen LogP) is 3.34. The van der Waals surface area contributed by atoms with Crippen LogP contribution in [0.5, 0.6) is 0 Å². The number of carboxylic acid groups (broad SMARTS) is 1. The van der Waals surface area contributed by atoms with Gasteiger partial charge in [0.2, 0.25) is 0 Å². The Bertz CT molecular complexity index is 894. The average molecular weight is 363 g/mol. The molecule has 5 nitrogen and oxygen atoms in total. The van der Waals surface area contributed by atoms with Crippen LogP contribution in [0.25, 0.3) is 0 Å². The van der Waals surface area contributed by atoms with E-state index in [0.29, 0.717) is 18.2 Å². The molecule has 2 aromatic rings. The normalized spacial score (nSPS) is 12.0. The number of alkyl halides is 3. The Kier molecular flexibility index (Phi) is 4.52. The first-order chi connectivity index (χ1) is 11.0. The second-order valence-electron chi connectivity index (χ2n) is 4.66. The number of anilines is 1. The van der Waals surface area contributed by atoms with Gasteiger partial charge in [-0.3, -0.25) is 4.72 Å². The molecule has 2 aromatic carbocycles. The number of carbonyl (C=O) groups is 1. The molecule has 128 valence electrons. The fourth-order valence-corrected chi connectivity index (χ4v) is 2.89. The van der Waals surface area contributed by atoms with E-state index in [9.17, 15) is 30.8 Å². The molecule has 2 rings (SSSR count). The van der Waals surface area contributed by atoms with Crippen molar-refractivity contribution in [2.24, 2.45) is 0 Å². The fraction of sp³-hybridized carbons (Fsp3) is 0.0714. The molecule has 0 amide bonds. The molecule has 0 heterocycles. The Morgan fingerprint density at radius 1 is 1.08 bits per heavy atom. The van der Waals surface area contributed by atoms with Crippen LogP contribution in [0.15, 0.2) is 47.4 Å². The summed E-state index contributed by atoms with van der Waals surface area (Å²) < 4.78 is 77.5. The zero-order chi connectivity index (χ0) is 18.1. The number of sulfonamides is 1. The molecule has 0 saturated heterocycles. The highest BCUT2D eigenvalue weighted by molar-refractivity contribution is 7.92. The number of halogens is 4. The van der Waals surface area contributed by atoms with E-state index < -0.39 is 49.7 Å². The highest BCUT2D eigenvalue weighted by atomic mass is 32.2. The molecule has 0 aliphatic heterocycles. The third-order valence-corrected chi connectivity index (χ3v) is 4.24. The molecule has 0 radical (unpaired) electrons. The van der Waals surface area contributed by atoms with Crippen molar-refractivity contribution >= 4 is 21.7 Å². The molecule has 2 N–H and O–H groups in total. The number of nitrogens with one attached hydrogen (secondary N) is 1. The first-order valence-electron chi connectivity index (χ1n) is 6.23. The third kappa shape index (κ3) is 4.02. The molecule has 24 heavy (non-hydrogen) atoms. The Labute approximate surface area is 133 Å². The minimum Gasteiger partial charge on any atom is -0.478 e. The lowest BCUT2D eigenvalue weighted by molar-refractivity contribution is -0.137. The maximum absolute atomic E-state index is 13.1. The summed E-state index contributed by atoms with van der Waals surface area (Å²) in [7, 11) is -4.39. The van der Waals surface area contributed by atoms with Crippen LogP contribution in [0.2, 0.25) is 0 Å². The van der Waals surface area contributed by atoms with Gasteiger partial charge in [0.25, 0.3) is 10.0 Å². The topological polar surface area (TPSA) is 83.5 Å². The summed E-state index contributed by atoms with van der Waals surface area (Å²) in [6.45, 7) is 0. The zero-order valence-corrected chi connectivity index (χ0v) is 12.5. The van der Waals surface area contributed by atoms with Crippen molar-refractivity contribution in [2.45, 2.75) is 11.1 Å². The van der Waals surface area contributed by atoms with Gasteiger partial charge in [-0.1, -0.05) is 6.07 Å². The van der Waals surface area contributed by atoms with Gasteiger partial charge in [0, 0.05) is 0 Å². The summed E-state index contributed by atoms with van der Waals surface area (Å²) >= 11 is 0. The molecule has 0 atom stereocenters. The van der Waals surface area contributed by atoms with Crippen molar-refractivity contribution in [3.8, 4) is 0 Å². The molecular weight excluding hydrogens is 354 g/mol. The van der Waals surface area contributed by atoms with E-state index in [1.807, 2.05) is 4.72 Å². The quantitative estimate of drug-likeness (QED) is 0.816. The summed E-state index contributed by atoms with van der Waals surface area (Å²) in [5.41, 5.74) is -2.69. The monoisotopic (exact) mass is 363 g/mol. The van der Waals surface area contributed by atoms with Gasteiger partial charge in [0.1, 0.15) is 5.82 Å². The lowest BCUT2D eigenvalue weighted by Crippen LogP contribution is -2.15. The molecule has 0 aliphatic carbocycles. The number of carboxylic acids is 1. The molecular formula is C14H9F4NO4S. The molecule has 0 spiro atoms. The molecule has 0 fully saturated rings. The van der Waals surface area contributed by atoms with Gasteiger partial charge in [-0.2, -0.15) is 13.2 Å². The Balaban J connectivity index is 2.49. The van der Waals surface area contributed by atoms with E-state index in [1.165, 1.54) is 0 Å². The highest BCUT2D eigenvalue weighted by Gasteiger charge is 2.32. The molecule has 0 aliphatic rings. The van der Waals surface area contributed by atoms with E-state index in [0.717, 1.165) is 24.3 Å². The highest BCUT2D eigenvalue weighted by Crippen LogP contribution is 2.32. The third-order valence-electron chi connectivity index (χ3n) is 2.87. The van der Waals surface area contributed by atoms with Crippen molar-refractivity contribution in [2.75, 3.05) is 4.72 Å². The number of hydrogen-bond acceptors (Lipinski definition) is 3. The SMILES string of the molecule is O=C(O)c1cc(NS(=O)(=O)c2cccc(F)c2)cc(C(F)(F)F)c1. The average Bonchev–Trinajstić information content (AvgIpc) is 2.45. The molecule has 0 unspecified atom stereocenters. The minimum absolute atomic E-state index is 0.377. The summed E-state index contributed by atoms with van der Waals surface area (Å²) in [6.07, 6.45) is -4.87. The van der Waals surface area contributed by atoms with Gasteiger partial charge < -0.3 is 5.11 Å². The standard InChI is InChI=1S/C14H9F4NO4S/c15-10-2-1-3-12(7-10)24(22,23)19-11-5-8(13(20)21)4-9(6-11)14(16,17)18/h1-7,19H,(H,20,21). The minimum atomic E-state index is -4.87. The zero-order valence-electron chi connectivity index (χ0n) is 11.6. The van der Waals surface area contributed by atoms with Crippen LogP contribution in [0.4, 0.5) is 23.2 Å². The van der Waals surface area contributed by atoms with Gasteiger partial charge in [-0.15, -0.1) is 0 Å². The molecule has 0 saturated carbocycles. The van der Waals surface area contributed by atoms with Crippen LogP contribution in [0, 0.1) is 5.82 Å². The van der Waals surface area contributed by atoms with Crippen LogP contribution >= 0.6 is 0 Å². The predicted molar refractivity (Wildman–Crippen MR) is 75.6 cm³/mol. The first kappa shape index (κ1) is 17.7. The van der Waals surface area contributed by atoms with Crippen molar-refractivity contribution in [1.82, 2.24) is 0 Å². The van der Waals surface area contributed by atoms with Gasteiger partial charge in [-0.05, 0) is 36.4 Å². The van der Waals surface area contributed by atoms with E-state index in [-0.39, 0.29) is 0 Å². The van der Waals surface area contributed by atoms with E-state index in [4.69, 9.17) is 5.11 Å². The van der Waals surface area contributed by atoms with Gasteiger partial charge in [0.05, 0.1) is 21.7 Å². The number of aromatic carboxylic acids is 1. The van der Waals surface area contributed by atoms with Crippen LogP contribution in [0.1, 0.15) is 15.9 Å². The van der Waals surface area contributed by atoms with Crippen molar-refractivity contribution < 1.29 is 35.9 Å². The summed E-state index contributed by atoms with van der Waals surface area (Å²) in [5.74, 6) is -2.51. The van der Waals surface area contributed by atoms with E-state index >= 15 is 0 Å². The molecule has 10 heteroatoms. The molecule has 0 bridgehead atoms. The maximum atomic E-state index is 13.1. The van der Waals surface area contributed by atoms with E-state index in [2.05, 4.69) is 0 Å². The number of hydrogen-bond donors (Lipinski definition) is 2. The number of rotatable bonds is 4. The van der Waals surface area contributed by atoms with Crippen LogP contribution in [0.3, 0.4) is 0 Å². The van der Waals surface area contributed by atoms with Crippen molar-refractivity contribution in [1.29, 1.82) is 0 Å². The van der Waals surface area contributed by atoms with Crippen LogP contribution in [-0.4, -0.2) is 19.5 Å². The Hall–Kier alpha value is -2.62. The Morgan fingerprint density at radius 2 is 1.75 bits per heavy atom. The summed E-state index contributed by atoms with van der Waals surface area (Å²) in [5, 5.41) is 8.86. The summed E-state index contributed by atoms with van der Waals surface area (Å²) in [6, 6.07) is 5.37. The fourth-order valence-electron chi connectivity index (χ4n) is 1.82. The maximum Gasteiger partial charge on any atom is 0.416 e. The van der Waals surface area contributed by atoms with Crippen LogP contribution < -0.4 is 4.72 Å². The van der Waals surface area contributed by atoms with Crippen molar-refractivity contribution in [3.63, 3.8) is 0 Å². The summed E-state index contributed by atoms with van der Waals surface area (Å²) in [4.78, 5) is 10.4. The van der Waals surface area contributed by atoms with Gasteiger partial charge in [-0.25, -0.2) is 17.6 Å². The Morgan fingerprint density at radius 3 is 2.29 bits per heavy atom. The number of benzene rings is 2. The van der Waals surface area contributed by atoms with Gasteiger partial charge in [0.15, 0.2) is 0 Å².